The summed E-state index contributed by atoms with van der Waals surface area (Å²) in [4.78, 5) is 16.0. The number of hydrogen-bond acceptors (Lipinski definition) is 4. The monoisotopic (exact) mass is 273 g/mol. The molecule has 2 rings (SSSR count). The second-order valence-corrected chi connectivity index (χ2v) is 5.01. The van der Waals surface area contributed by atoms with Gasteiger partial charge >= 0.3 is 0 Å². The van der Waals surface area contributed by atoms with Gasteiger partial charge < -0.3 is 15.8 Å². The molecule has 5 nitrogen and oxygen atoms in total. The molecule has 0 radical (unpaired) electrons. The van der Waals surface area contributed by atoms with Gasteiger partial charge in [-0.25, -0.2) is 0 Å². The standard InChI is InChI=1S/C15H19N3O2/c1-9(2)17-14(19)8-20-13-6-4-5-12-15(13)11(16)7-10(3)18-12/h4-7,9H,8H2,1-3H3,(H2,16,18)(H,17,19). The normalized spacial score (nSPS) is 10.8. The molecule has 0 atom stereocenters. The van der Waals surface area contributed by atoms with Crippen molar-refractivity contribution in [3.63, 3.8) is 0 Å². The second-order valence-electron chi connectivity index (χ2n) is 5.01. The van der Waals surface area contributed by atoms with Gasteiger partial charge in [-0.2, -0.15) is 0 Å². The van der Waals surface area contributed by atoms with Gasteiger partial charge in [0.1, 0.15) is 5.75 Å². The molecule has 1 aromatic carbocycles. The first-order valence-corrected chi connectivity index (χ1v) is 6.55. The number of hydrogen-bond donors (Lipinski definition) is 2. The van der Waals surface area contributed by atoms with Crippen molar-refractivity contribution in [1.82, 2.24) is 10.3 Å². The van der Waals surface area contributed by atoms with Crippen LogP contribution in [0.4, 0.5) is 5.69 Å². The lowest BCUT2D eigenvalue weighted by Crippen LogP contribution is -2.34. The molecule has 1 amide bonds. The Labute approximate surface area is 118 Å². The van der Waals surface area contributed by atoms with Crippen LogP contribution in [0.2, 0.25) is 0 Å². The quantitative estimate of drug-likeness (QED) is 0.893. The fourth-order valence-electron chi connectivity index (χ4n) is 2.05. The number of nitrogen functional groups attached to an aromatic ring is 1. The fraction of sp³-hybridized carbons (Fsp3) is 0.333. The highest BCUT2D eigenvalue weighted by atomic mass is 16.5. The number of aromatic nitrogens is 1. The maximum absolute atomic E-state index is 11.6. The molecule has 0 saturated carbocycles. The van der Waals surface area contributed by atoms with E-state index in [0.29, 0.717) is 11.4 Å². The van der Waals surface area contributed by atoms with Crippen LogP contribution in [0, 0.1) is 6.92 Å². The molecule has 3 N–H and O–H groups in total. The molecule has 0 aliphatic heterocycles. The molecule has 0 aliphatic rings. The van der Waals surface area contributed by atoms with E-state index in [9.17, 15) is 4.79 Å². The van der Waals surface area contributed by atoms with Gasteiger partial charge in [0.25, 0.3) is 5.91 Å². The fourth-order valence-corrected chi connectivity index (χ4v) is 2.05. The minimum absolute atomic E-state index is 0.0371. The number of pyridine rings is 1. The number of rotatable bonds is 4. The van der Waals surface area contributed by atoms with Crippen LogP contribution >= 0.6 is 0 Å². The van der Waals surface area contributed by atoms with E-state index in [-0.39, 0.29) is 18.6 Å². The predicted molar refractivity (Wildman–Crippen MR) is 79.7 cm³/mol. The summed E-state index contributed by atoms with van der Waals surface area (Å²) >= 11 is 0. The first kappa shape index (κ1) is 14.1. The third-order valence-electron chi connectivity index (χ3n) is 2.76. The van der Waals surface area contributed by atoms with Gasteiger partial charge in [-0.1, -0.05) is 6.07 Å². The van der Waals surface area contributed by atoms with Gasteiger partial charge in [-0.3, -0.25) is 9.78 Å². The number of carbonyl (C=O) groups excluding carboxylic acids is 1. The molecule has 0 saturated heterocycles. The summed E-state index contributed by atoms with van der Waals surface area (Å²) < 4.78 is 5.57. The SMILES string of the molecule is Cc1cc(N)c2c(OCC(=O)NC(C)C)cccc2n1. The Hall–Kier alpha value is -2.30. The zero-order chi connectivity index (χ0) is 14.7. The summed E-state index contributed by atoms with van der Waals surface area (Å²) in [6.45, 7) is 5.66. The number of anilines is 1. The predicted octanol–water partition coefficient (Wildman–Crippen LogP) is 2.03. The number of nitrogens with two attached hydrogens (primary N) is 1. The Bertz CT molecular complexity index is 638. The highest BCUT2D eigenvalue weighted by molar-refractivity contribution is 5.95. The molecule has 1 heterocycles. The number of aryl methyl sites for hydroxylation is 1. The zero-order valence-electron chi connectivity index (χ0n) is 11.9. The van der Waals surface area contributed by atoms with E-state index in [4.69, 9.17) is 10.5 Å². The average molecular weight is 273 g/mol. The Morgan fingerprint density at radius 1 is 1.45 bits per heavy atom. The molecular formula is C15H19N3O2. The minimum Gasteiger partial charge on any atom is -0.483 e. The second kappa shape index (κ2) is 5.77. The van der Waals surface area contributed by atoms with Gasteiger partial charge in [-0.05, 0) is 39.0 Å². The number of fused-ring (bicyclic) bond motifs is 1. The summed E-state index contributed by atoms with van der Waals surface area (Å²) in [6, 6.07) is 7.39. The summed E-state index contributed by atoms with van der Waals surface area (Å²) in [5, 5.41) is 3.52. The van der Waals surface area contributed by atoms with Crippen LogP contribution in [0.3, 0.4) is 0 Å². The highest BCUT2D eigenvalue weighted by Gasteiger charge is 2.10. The summed E-state index contributed by atoms with van der Waals surface area (Å²) in [7, 11) is 0. The van der Waals surface area contributed by atoms with Crippen molar-refractivity contribution in [1.29, 1.82) is 0 Å². The van der Waals surface area contributed by atoms with Crippen LogP contribution in [0.25, 0.3) is 10.9 Å². The van der Waals surface area contributed by atoms with Gasteiger partial charge in [0.05, 0.1) is 10.9 Å². The topological polar surface area (TPSA) is 77.2 Å². The average Bonchev–Trinajstić information content (AvgIpc) is 2.34. The molecule has 2 aromatic rings. The zero-order valence-corrected chi connectivity index (χ0v) is 11.9. The molecule has 0 aliphatic carbocycles. The third kappa shape index (κ3) is 3.17. The first-order valence-electron chi connectivity index (χ1n) is 6.55. The smallest absolute Gasteiger partial charge is 0.258 e. The molecular weight excluding hydrogens is 254 g/mol. The lowest BCUT2D eigenvalue weighted by molar-refractivity contribution is -0.123. The van der Waals surface area contributed by atoms with Crippen LogP contribution < -0.4 is 15.8 Å². The van der Waals surface area contributed by atoms with Crippen molar-refractivity contribution < 1.29 is 9.53 Å². The van der Waals surface area contributed by atoms with Crippen molar-refractivity contribution >= 4 is 22.5 Å². The Morgan fingerprint density at radius 3 is 2.90 bits per heavy atom. The minimum atomic E-state index is -0.157. The molecule has 0 spiro atoms. The lowest BCUT2D eigenvalue weighted by atomic mass is 10.1. The molecule has 106 valence electrons. The van der Waals surface area contributed by atoms with E-state index in [2.05, 4.69) is 10.3 Å². The third-order valence-corrected chi connectivity index (χ3v) is 2.76. The van der Waals surface area contributed by atoms with E-state index >= 15 is 0 Å². The molecule has 5 heteroatoms. The van der Waals surface area contributed by atoms with Gasteiger partial charge in [-0.15, -0.1) is 0 Å². The molecule has 0 bridgehead atoms. The van der Waals surface area contributed by atoms with Gasteiger partial charge in [0, 0.05) is 17.4 Å². The Kier molecular flexibility index (Phi) is 4.08. The highest BCUT2D eigenvalue weighted by Crippen LogP contribution is 2.30. The maximum atomic E-state index is 11.6. The molecule has 20 heavy (non-hydrogen) atoms. The van der Waals surface area contributed by atoms with Crippen LogP contribution in [0.1, 0.15) is 19.5 Å². The number of amides is 1. The van der Waals surface area contributed by atoms with Crippen molar-refractivity contribution in [2.75, 3.05) is 12.3 Å². The number of carbonyl (C=O) groups is 1. The van der Waals surface area contributed by atoms with Crippen LogP contribution in [-0.4, -0.2) is 23.5 Å². The van der Waals surface area contributed by atoms with E-state index in [1.54, 1.807) is 12.1 Å². The van der Waals surface area contributed by atoms with E-state index < -0.39 is 0 Å². The van der Waals surface area contributed by atoms with E-state index in [1.165, 1.54) is 0 Å². The number of nitrogens with one attached hydrogen (secondary N) is 1. The van der Waals surface area contributed by atoms with Crippen LogP contribution in [0.5, 0.6) is 5.75 Å². The maximum Gasteiger partial charge on any atom is 0.258 e. The number of benzene rings is 1. The van der Waals surface area contributed by atoms with E-state index in [0.717, 1.165) is 16.6 Å². The molecule has 0 unspecified atom stereocenters. The van der Waals surface area contributed by atoms with Crippen LogP contribution in [0.15, 0.2) is 24.3 Å². The van der Waals surface area contributed by atoms with Gasteiger partial charge in [0.2, 0.25) is 0 Å². The molecule has 1 aromatic heterocycles. The summed E-state index contributed by atoms with van der Waals surface area (Å²) in [5.74, 6) is 0.419. The number of ether oxygens (including phenoxy) is 1. The first-order chi connectivity index (χ1) is 9.47. The number of nitrogens with zero attached hydrogens (tertiary/aromatic N) is 1. The van der Waals surface area contributed by atoms with Crippen molar-refractivity contribution in [2.45, 2.75) is 26.8 Å². The van der Waals surface area contributed by atoms with Crippen LogP contribution in [-0.2, 0) is 4.79 Å². The molecule has 0 fully saturated rings. The van der Waals surface area contributed by atoms with Gasteiger partial charge in [0.15, 0.2) is 6.61 Å². The summed E-state index contributed by atoms with van der Waals surface area (Å²) in [5.41, 5.74) is 8.25. The van der Waals surface area contributed by atoms with Crippen molar-refractivity contribution in [2.24, 2.45) is 0 Å². The summed E-state index contributed by atoms with van der Waals surface area (Å²) in [6.07, 6.45) is 0. The largest absolute Gasteiger partial charge is 0.483 e. The lowest BCUT2D eigenvalue weighted by Gasteiger charge is -2.12. The Morgan fingerprint density at radius 2 is 2.20 bits per heavy atom. The van der Waals surface area contributed by atoms with E-state index in [1.807, 2.05) is 32.9 Å². The van der Waals surface area contributed by atoms with Crippen molar-refractivity contribution in [3.8, 4) is 5.75 Å². The van der Waals surface area contributed by atoms with Crippen molar-refractivity contribution in [3.05, 3.63) is 30.0 Å². The Balaban J connectivity index is 2.24.